The topological polar surface area (TPSA) is 98.5 Å². The van der Waals surface area contributed by atoms with Crippen LogP contribution in [0.3, 0.4) is 0 Å². The monoisotopic (exact) mass is 378 g/mol. The minimum atomic E-state index is -1.01. The second-order valence-corrected chi connectivity index (χ2v) is 6.20. The Morgan fingerprint density at radius 2 is 2.00 bits per heavy atom. The summed E-state index contributed by atoms with van der Waals surface area (Å²) < 4.78 is 18.1. The standard InChI is InChI=1S/C17H15FN2O5S/c1-11-4-2-3-5-15(11)26-10-17(22)25-9-16(21)19-12-6-7-13(18)14(8-12)20(23)24/h2-8H,9-10H2,1H3,(H,19,21). The van der Waals surface area contributed by atoms with Crippen LogP contribution in [-0.4, -0.2) is 29.2 Å². The largest absolute Gasteiger partial charge is 0.455 e. The number of amides is 1. The number of thioether (sulfide) groups is 1. The molecule has 0 saturated heterocycles. The molecule has 0 aliphatic heterocycles. The number of ether oxygens (including phenoxy) is 1. The van der Waals surface area contributed by atoms with Crippen LogP contribution in [0.25, 0.3) is 0 Å². The van der Waals surface area contributed by atoms with Crippen LogP contribution in [0.1, 0.15) is 5.56 Å². The molecule has 0 radical (unpaired) electrons. The molecule has 0 saturated carbocycles. The summed E-state index contributed by atoms with van der Waals surface area (Å²) in [5.41, 5.74) is 0.309. The quantitative estimate of drug-likeness (QED) is 0.343. The molecular weight excluding hydrogens is 363 g/mol. The lowest BCUT2D eigenvalue weighted by Gasteiger charge is -2.07. The fourth-order valence-electron chi connectivity index (χ4n) is 1.97. The smallest absolute Gasteiger partial charge is 0.316 e. The first-order chi connectivity index (χ1) is 12.4. The zero-order chi connectivity index (χ0) is 19.1. The van der Waals surface area contributed by atoms with Crippen molar-refractivity contribution in [2.24, 2.45) is 0 Å². The van der Waals surface area contributed by atoms with E-state index in [0.717, 1.165) is 22.6 Å². The number of carbonyl (C=O) groups excluding carboxylic acids is 2. The summed E-state index contributed by atoms with van der Waals surface area (Å²) in [5.74, 6) is -2.22. The Kier molecular flexibility index (Phi) is 6.67. The van der Waals surface area contributed by atoms with Crippen LogP contribution in [0.5, 0.6) is 0 Å². The van der Waals surface area contributed by atoms with Gasteiger partial charge in [-0.05, 0) is 30.7 Å². The Hall–Kier alpha value is -2.94. The normalized spacial score (nSPS) is 10.2. The van der Waals surface area contributed by atoms with Gasteiger partial charge in [-0.2, -0.15) is 4.39 Å². The Morgan fingerprint density at radius 3 is 2.69 bits per heavy atom. The summed E-state index contributed by atoms with van der Waals surface area (Å²) in [6, 6.07) is 10.5. The van der Waals surface area contributed by atoms with Crippen molar-refractivity contribution < 1.29 is 23.6 Å². The summed E-state index contributed by atoms with van der Waals surface area (Å²) in [4.78, 5) is 34.2. The van der Waals surface area contributed by atoms with Crippen molar-refractivity contribution >= 4 is 35.0 Å². The number of carbonyl (C=O) groups is 2. The number of benzene rings is 2. The molecule has 7 nitrogen and oxygen atoms in total. The van der Waals surface area contributed by atoms with E-state index in [1.54, 1.807) is 0 Å². The van der Waals surface area contributed by atoms with E-state index in [2.05, 4.69) is 5.32 Å². The molecule has 0 bridgehead atoms. The molecule has 0 aromatic heterocycles. The van der Waals surface area contributed by atoms with E-state index in [4.69, 9.17) is 4.74 Å². The number of nitrogens with zero attached hydrogens (tertiary/aromatic N) is 1. The third-order valence-electron chi connectivity index (χ3n) is 3.23. The minimum absolute atomic E-state index is 0.0356. The highest BCUT2D eigenvalue weighted by Crippen LogP contribution is 2.22. The van der Waals surface area contributed by atoms with E-state index < -0.39 is 34.9 Å². The summed E-state index contributed by atoms with van der Waals surface area (Å²) >= 11 is 1.29. The SMILES string of the molecule is Cc1ccccc1SCC(=O)OCC(=O)Nc1ccc(F)c([N+](=O)[O-])c1. The molecule has 0 spiro atoms. The Bertz CT molecular complexity index is 844. The number of esters is 1. The highest BCUT2D eigenvalue weighted by Gasteiger charge is 2.16. The molecule has 136 valence electrons. The molecule has 2 rings (SSSR count). The van der Waals surface area contributed by atoms with Crippen LogP contribution in [0.4, 0.5) is 15.8 Å². The van der Waals surface area contributed by atoms with Gasteiger partial charge in [-0.25, -0.2) is 0 Å². The molecule has 0 atom stereocenters. The number of hydrogen-bond donors (Lipinski definition) is 1. The van der Waals surface area contributed by atoms with Crippen molar-refractivity contribution in [3.8, 4) is 0 Å². The van der Waals surface area contributed by atoms with Crippen molar-refractivity contribution in [2.45, 2.75) is 11.8 Å². The van der Waals surface area contributed by atoms with Gasteiger partial charge in [-0.3, -0.25) is 19.7 Å². The van der Waals surface area contributed by atoms with Crippen LogP contribution in [0.15, 0.2) is 47.4 Å². The third kappa shape index (κ3) is 5.55. The molecule has 26 heavy (non-hydrogen) atoms. The summed E-state index contributed by atoms with van der Waals surface area (Å²) in [5, 5.41) is 13.0. The first-order valence-corrected chi connectivity index (χ1v) is 8.43. The summed E-state index contributed by atoms with van der Waals surface area (Å²) in [7, 11) is 0. The van der Waals surface area contributed by atoms with Crippen LogP contribution in [0, 0.1) is 22.9 Å². The highest BCUT2D eigenvalue weighted by atomic mass is 32.2. The van der Waals surface area contributed by atoms with Gasteiger partial charge in [0.2, 0.25) is 5.82 Å². The van der Waals surface area contributed by atoms with Gasteiger partial charge in [-0.1, -0.05) is 18.2 Å². The Morgan fingerprint density at radius 1 is 1.27 bits per heavy atom. The predicted molar refractivity (Wildman–Crippen MR) is 94.5 cm³/mol. The van der Waals surface area contributed by atoms with E-state index in [1.165, 1.54) is 17.8 Å². The lowest BCUT2D eigenvalue weighted by atomic mass is 10.2. The Labute approximate surface area is 152 Å². The van der Waals surface area contributed by atoms with Gasteiger partial charge in [0.15, 0.2) is 6.61 Å². The first-order valence-electron chi connectivity index (χ1n) is 7.44. The van der Waals surface area contributed by atoms with E-state index in [0.29, 0.717) is 0 Å². The van der Waals surface area contributed by atoms with Crippen LogP contribution < -0.4 is 5.32 Å². The van der Waals surface area contributed by atoms with Crippen LogP contribution >= 0.6 is 11.8 Å². The number of nitro groups is 1. The average Bonchev–Trinajstić information content (AvgIpc) is 2.60. The maximum absolute atomic E-state index is 13.2. The molecule has 0 aliphatic carbocycles. The minimum Gasteiger partial charge on any atom is -0.455 e. The number of nitrogens with one attached hydrogen (secondary N) is 1. The van der Waals surface area contributed by atoms with Crippen LogP contribution in [0.2, 0.25) is 0 Å². The molecular formula is C17H15FN2O5S. The molecule has 0 aliphatic rings. The van der Waals surface area contributed by atoms with E-state index in [9.17, 15) is 24.1 Å². The predicted octanol–water partition coefficient (Wildman–Crippen LogP) is 3.32. The number of rotatable bonds is 7. The number of anilines is 1. The van der Waals surface area contributed by atoms with Crippen molar-refractivity contribution in [3.63, 3.8) is 0 Å². The third-order valence-corrected chi connectivity index (χ3v) is 4.38. The van der Waals surface area contributed by atoms with E-state index in [1.807, 2.05) is 31.2 Å². The zero-order valence-corrected chi connectivity index (χ0v) is 14.5. The maximum Gasteiger partial charge on any atom is 0.316 e. The van der Waals surface area contributed by atoms with Gasteiger partial charge >= 0.3 is 11.7 Å². The van der Waals surface area contributed by atoms with E-state index >= 15 is 0 Å². The number of halogens is 1. The van der Waals surface area contributed by atoms with Crippen molar-refractivity contribution in [1.29, 1.82) is 0 Å². The second kappa shape index (κ2) is 8.95. The van der Waals surface area contributed by atoms with Crippen LogP contribution in [-0.2, 0) is 14.3 Å². The molecule has 9 heteroatoms. The van der Waals surface area contributed by atoms with Gasteiger partial charge in [0, 0.05) is 16.6 Å². The van der Waals surface area contributed by atoms with Gasteiger partial charge in [0.05, 0.1) is 10.7 Å². The zero-order valence-electron chi connectivity index (χ0n) is 13.7. The van der Waals surface area contributed by atoms with Crippen molar-refractivity contribution in [2.75, 3.05) is 17.7 Å². The average molecular weight is 378 g/mol. The fourth-order valence-corrected chi connectivity index (χ4v) is 2.80. The number of nitro benzene ring substituents is 1. The van der Waals surface area contributed by atoms with Crippen molar-refractivity contribution in [1.82, 2.24) is 0 Å². The lowest BCUT2D eigenvalue weighted by Crippen LogP contribution is -2.21. The molecule has 0 unspecified atom stereocenters. The highest BCUT2D eigenvalue weighted by molar-refractivity contribution is 8.00. The fraction of sp³-hybridized carbons (Fsp3) is 0.176. The van der Waals surface area contributed by atoms with Gasteiger partial charge in [0.1, 0.15) is 0 Å². The van der Waals surface area contributed by atoms with Gasteiger partial charge in [0.25, 0.3) is 5.91 Å². The Balaban J connectivity index is 1.81. The lowest BCUT2D eigenvalue weighted by molar-refractivity contribution is -0.387. The number of aryl methyl sites for hydroxylation is 1. The van der Waals surface area contributed by atoms with Gasteiger partial charge in [-0.15, -0.1) is 11.8 Å². The molecule has 2 aromatic rings. The van der Waals surface area contributed by atoms with E-state index in [-0.39, 0.29) is 11.4 Å². The molecule has 2 aromatic carbocycles. The molecule has 0 fully saturated rings. The van der Waals surface area contributed by atoms with Crippen molar-refractivity contribution in [3.05, 3.63) is 64.0 Å². The molecule has 1 N–H and O–H groups in total. The maximum atomic E-state index is 13.2. The summed E-state index contributed by atoms with van der Waals surface area (Å²) in [6.07, 6.45) is 0. The molecule has 0 heterocycles. The first kappa shape index (κ1) is 19.4. The number of hydrogen-bond acceptors (Lipinski definition) is 6. The molecule has 1 amide bonds. The summed E-state index contributed by atoms with van der Waals surface area (Å²) in [6.45, 7) is 1.38. The second-order valence-electron chi connectivity index (χ2n) is 5.19. The van der Waals surface area contributed by atoms with Gasteiger partial charge < -0.3 is 10.1 Å².